The summed E-state index contributed by atoms with van der Waals surface area (Å²) in [5.41, 5.74) is 0. The predicted molar refractivity (Wildman–Crippen MR) is 100 cm³/mol. The Morgan fingerprint density at radius 2 is 1.58 bits per heavy atom. The van der Waals surface area contributed by atoms with Crippen molar-refractivity contribution in [2.45, 2.75) is 65.6 Å². The predicted octanol–water partition coefficient (Wildman–Crippen LogP) is 0.833. The zero-order valence-corrected chi connectivity index (χ0v) is 17.3. The minimum atomic E-state index is -3.23. The van der Waals surface area contributed by atoms with Crippen LogP contribution in [-0.2, 0) is 19.6 Å². The van der Waals surface area contributed by atoms with Gasteiger partial charge in [0.1, 0.15) is 0 Å². The van der Waals surface area contributed by atoms with Crippen LogP contribution in [0.4, 0.5) is 0 Å². The smallest absolute Gasteiger partial charge is 0.317 e. The van der Waals surface area contributed by atoms with Crippen LogP contribution < -0.4 is 0 Å². The van der Waals surface area contributed by atoms with Crippen molar-refractivity contribution >= 4 is 21.9 Å². The number of hydrogen-bond donors (Lipinski definition) is 1. The molecule has 1 saturated heterocycles. The van der Waals surface area contributed by atoms with E-state index < -0.39 is 16.0 Å². The highest BCUT2D eigenvalue weighted by Gasteiger charge is 2.32. The van der Waals surface area contributed by atoms with Gasteiger partial charge in [-0.2, -0.15) is 0 Å². The van der Waals surface area contributed by atoms with Crippen molar-refractivity contribution in [3.8, 4) is 0 Å². The fourth-order valence-corrected chi connectivity index (χ4v) is 4.72. The normalized spacial score (nSPS) is 17.2. The molecule has 0 spiro atoms. The number of hydrogen-bond acceptors (Lipinski definition) is 5. The molecule has 1 aliphatic rings. The summed E-state index contributed by atoms with van der Waals surface area (Å²) in [6.07, 6.45) is 1.06. The summed E-state index contributed by atoms with van der Waals surface area (Å²) in [6, 6.07) is -0.0454. The molecule has 0 atom stereocenters. The zero-order valence-electron chi connectivity index (χ0n) is 16.5. The Bertz CT molecular complexity index is 575. The third-order valence-corrected chi connectivity index (χ3v) is 6.66. The Morgan fingerprint density at radius 1 is 1.08 bits per heavy atom. The van der Waals surface area contributed by atoms with Crippen LogP contribution in [0.25, 0.3) is 0 Å². The topological polar surface area (TPSA) is 98.2 Å². The van der Waals surface area contributed by atoms with E-state index in [4.69, 9.17) is 0 Å². The molecule has 1 N–H and O–H groups in total. The van der Waals surface area contributed by atoms with Gasteiger partial charge in [-0.25, -0.2) is 12.7 Å². The second kappa shape index (κ2) is 9.66. The van der Waals surface area contributed by atoms with Crippen molar-refractivity contribution in [2.75, 3.05) is 31.9 Å². The molecule has 0 aromatic rings. The standard InChI is InChI=1S/C17H33N3O5S/c1-6-26(24,25)19-9-7-15(8-10-19)18(12-17(22)23)11-16(21)20(13(2)3)14(4)5/h13-15H,6-12H2,1-5H3,(H,22,23). The van der Waals surface area contributed by atoms with Gasteiger partial charge in [-0.15, -0.1) is 0 Å². The molecule has 1 amide bonds. The van der Waals surface area contributed by atoms with Gasteiger partial charge in [0.25, 0.3) is 0 Å². The summed E-state index contributed by atoms with van der Waals surface area (Å²) in [6.45, 7) is 9.91. The fourth-order valence-electron chi connectivity index (χ4n) is 3.58. The van der Waals surface area contributed by atoms with Gasteiger partial charge < -0.3 is 10.0 Å². The highest BCUT2D eigenvalue weighted by Crippen LogP contribution is 2.20. The number of rotatable bonds is 9. The number of carboxylic acids is 1. The number of aliphatic carboxylic acids is 1. The molecule has 1 aliphatic heterocycles. The maximum atomic E-state index is 12.7. The first-order valence-electron chi connectivity index (χ1n) is 9.24. The molecule has 1 heterocycles. The second-order valence-corrected chi connectivity index (χ2v) is 9.58. The lowest BCUT2D eigenvalue weighted by Crippen LogP contribution is -2.53. The van der Waals surface area contributed by atoms with E-state index >= 15 is 0 Å². The SMILES string of the molecule is CCS(=O)(=O)N1CCC(N(CC(=O)O)CC(=O)N(C(C)C)C(C)C)CC1. The lowest BCUT2D eigenvalue weighted by atomic mass is 10.0. The molecule has 1 rings (SSSR count). The summed E-state index contributed by atoms with van der Waals surface area (Å²) in [5.74, 6) is -1.02. The van der Waals surface area contributed by atoms with Crippen molar-refractivity contribution < 1.29 is 23.1 Å². The van der Waals surface area contributed by atoms with Crippen LogP contribution in [0.15, 0.2) is 0 Å². The van der Waals surface area contributed by atoms with Gasteiger partial charge in [-0.05, 0) is 47.5 Å². The molecular weight excluding hydrogens is 358 g/mol. The maximum absolute atomic E-state index is 12.7. The van der Waals surface area contributed by atoms with Gasteiger partial charge in [-0.3, -0.25) is 14.5 Å². The number of amides is 1. The third kappa shape index (κ3) is 6.21. The molecule has 0 aromatic carbocycles. The lowest BCUT2D eigenvalue weighted by Gasteiger charge is -2.39. The molecule has 1 fully saturated rings. The number of carboxylic acid groups (broad SMARTS) is 1. The summed E-state index contributed by atoms with van der Waals surface area (Å²) >= 11 is 0. The minimum absolute atomic E-state index is 0.0331. The van der Waals surface area contributed by atoms with Crippen molar-refractivity contribution in [1.82, 2.24) is 14.1 Å². The van der Waals surface area contributed by atoms with E-state index in [2.05, 4.69) is 0 Å². The molecule has 9 heteroatoms. The summed E-state index contributed by atoms with van der Waals surface area (Å²) in [5, 5.41) is 9.23. The summed E-state index contributed by atoms with van der Waals surface area (Å²) in [7, 11) is -3.23. The third-order valence-electron chi connectivity index (χ3n) is 4.78. The first-order valence-corrected chi connectivity index (χ1v) is 10.8. The molecule has 8 nitrogen and oxygen atoms in total. The maximum Gasteiger partial charge on any atom is 0.317 e. The molecule has 0 bridgehead atoms. The van der Waals surface area contributed by atoms with Crippen molar-refractivity contribution in [2.24, 2.45) is 0 Å². The molecule has 0 saturated carbocycles. The van der Waals surface area contributed by atoms with Crippen LogP contribution >= 0.6 is 0 Å². The Kier molecular flexibility index (Phi) is 8.49. The zero-order chi connectivity index (χ0) is 20.1. The van der Waals surface area contributed by atoms with Gasteiger partial charge in [0, 0.05) is 31.2 Å². The van der Waals surface area contributed by atoms with Crippen molar-refractivity contribution in [3.63, 3.8) is 0 Å². The molecule has 0 aromatic heterocycles. The molecule has 26 heavy (non-hydrogen) atoms. The van der Waals surface area contributed by atoms with E-state index in [9.17, 15) is 23.1 Å². The average Bonchev–Trinajstić information content (AvgIpc) is 2.53. The lowest BCUT2D eigenvalue weighted by molar-refractivity contribution is -0.142. The van der Waals surface area contributed by atoms with E-state index in [1.54, 1.807) is 16.7 Å². The first kappa shape index (κ1) is 22.9. The molecule has 0 unspecified atom stereocenters. The second-order valence-electron chi connectivity index (χ2n) is 7.32. The van der Waals surface area contributed by atoms with Crippen molar-refractivity contribution in [1.29, 1.82) is 0 Å². The van der Waals surface area contributed by atoms with E-state index in [0.29, 0.717) is 25.9 Å². The molecule has 152 valence electrons. The number of sulfonamides is 1. The van der Waals surface area contributed by atoms with Crippen LogP contribution in [0, 0.1) is 0 Å². The summed E-state index contributed by atoms with van der Waals surface area (Å²) in [4.78, 5) is 27.4. The van der Waals surface area contributed by atoms with Gasteiger partial charge >= 0.3 is 5.97 Å². The van der Waals surface area contributed by atoms with E-state index in [1.807, 2.05) is 27.7 Å². The summed E-state index contributed by atoms with van der Waals surface area (Å²) < 4.78 is 25.4. The van der Waals surface area contributed by atoms with Gasteiger partial charge in [0.05, 0.1) is 18.8 Å². The van der Waals surface area contributed by atoms with Crippen LogP contribution in [-0.4, -0.2) is 89.6 Å². The number of nitrogens with zero attached hydrogens (tertiary/aromatic N) is 3. The van der Waals surface area contributed by atoms with Gasteiger partial charge in [-0.1, -0.05) is 0 Å². The molecule has 0 radical (unpaired) electrons. The Morgan fingerprint density at radius 3 is 1.96 bits per heavy atom. The Balaban J connectivity index is 2.82. The molecular formula is C17H33N3O5S. The number of piperidine rings is 1. The van der Waals surface area contributed by atoms with Crippen LogP contribution in [0.5, 0.6) is 0 Å². The van der Waals surface area contributed by atoms with E-state index in [-0.39, 0.29) is 42.9 Å². The molecule has 0 aliphatic carbocycles. The minimum Gasteiger partial charge on any atom is -0.480 e. The Hall–Kier alpha value is -1.19. The van der Waals surface area contributed by atoms with E-state index in [1.165, 1.54) is 4.31 Å². The fraction of sp³-hybridized carbons (Fsp3) is 0.882. The highest BCUT2D eigenvalue weighted by molar-refractivity contribution is 7.89. The highest BCUT2D eigenvalue weighted by atomic mass is 32.2. The largest absolute Gasteiger partial charge is 0.480 e. The van der Waals surface area contributed by atoms with Crippen LogP contribution in [0.1, 0.15) is 47.5 Å². The quantitative estimate of drug-likeness (QED) is 0.625. The van der Waals surface area contributed by atoms with Gasteiger partial charge in [0.2, 0.25) is 15.9 Å². The first-order chi connectivity index (χ1) is 12.0. The van der Waals surface area contributed by atoms with Crippen molar-refractivity contribution in [3.05, 3.63) is 0 Å². The number of carbonyl (C=O) groups is 2. The van der Waals surface area contributed by atoms with Gasteiger partial charge in [0.15, 0.2) is 0 Å². The average molecular weight is 392 g/mol. The Labute approximate surface area is 157 Å². The van der Waals surface area contributed by atoms with Crippen LogP contribution in [0.3, 0.4) is 0 Å². The van der Waals surface area contributed by atoms with E-state index in [0.717, 1.165) is 0 Å². The number of carbonyl (C=O) groups excluding carboxylic acids is 1. The monoisotopic (exact) mass is 391 g/mol. The van der Waals surface area contributed by atoms with Crippen LogP contribution in [0.2, 0.25) is 0 Å².